The normalized spacial score (nSPS) is 17.9. The molecule has 1 rings (SSSR count). The molecule has 0 radical (unpaired) electrons. The Labute approximate surface area is 105 Å². The molecule has 18 heavy (non-hydrogen) atoms. The Morgan fingerprint density at radius 3 is 2.06 bits per heavy atom. The molecule has 0 aromatic carbocycles. The lowest BCUT2D eigenvalue weighted by molar-refractivity contribution is -0.857. The topological polar surface area (TPSA) is 171 Å². The molecule has 0 aliphatic carbocycles. The van der Waals surface area contributed by atoms with Crippen LogP contribution in [0.1, 0.15) is 0 Å². The highest BCUT2D eigenvalue weighted by Crippen LogP contribution is 2.17. The summed E-state index contributed by atoms with van der Waals surface area (Å²) in [6.07, 6.45) is 0. The van der Waals surface area contributed by atoms with E-state index in [4.69, 9.17) is 34.1 Å². The maximum absolute atomic E-state index is 8.74. The third-order valence-corrected chi connectivity index (χ3v) is 1.87. The molecule has 0 aromatic heterocycles. The van der Waals surface area contributed by atoms with Gasteiger partial charge in [0.05, 0.1) is 20.7 Å². The third-order valence-electron chi connectivity index (χ3n) is 1.87. The Morgan fingerprint density at radius 1 is 1.33 bits per heavy atom. The highest BCUT2D eigenvalue weighted by molar-refractivity contribution is 7.79. The van der Waals surface area contributed by atoms with Crippen LogP contribution in [-0.2, 0) is 10.4 Å². The van der Waals surface area contributed by atoms with Crippen LogP contribution in [0, 0.1) is 0 Å². The fraction of sp³-hybridized carbons (Fsp3) is 0.571. The van der Waals surface area contributed by atoms with Gasteiger partial charge in [0, 0.05) is 6.54 Å². The van der Waals surface area contributed by atoms with Crippen molar-refractivity contribution in [3.8, 4) is 0 Å². The van der Waals surface area contributed by atoms with E-state index in [1.807, 2.05) is 14.1 Å². The van der Waals surface area contributed by atoms with Crippen molar-refractivity contribution < 1.29 is 27.2 Å². The Bertz CT molecular complexity index is 447. The van der Waals surface area contributed by atoms with Gasteiger partial charge in [0.25, 0.3) is 5.82 Å². The van der Waals surface area contributed by atoms with E-state index in [1.54, 1.807) is 0 Å². The van der Waals surface area contributed by atoms with Gasteiger partial charge in [-0.15, -0.1) is 0 Å². The molecule has 11 heteroatoms. The second kappa shape index (κ2) is 5.97. The van der Waals surface area contributed by atoms with Crippen LogP contribution < -0.4 is 16.8 Å². The smallest absolute Gasteiger partial charge is 0.394 e. The average molecular weight is 284 g/mol. The van der Waals surface area contributed by atoms with Crippen molar-refractivity contribution in [1.82, 2.24) is 5.32 Å². The van der Waals surface area contributed by atoms with Gasteiger partial charge in [-0.1, -0.05) is 5.10 Å². The van der Waals surface area contributed by atoms with Gasteiger partial charge in [-0.05, 0) is 0 Å². The van der Waals surface area contributed by atoms with Crippen molar-refractivity contribution in [3.05, 3.63) is 11.5 Å². The maximum Gasteiger partial charge on any atom is 0.394 e. The zero-order valence-corrected chi connectivity index (χ0v) is 10.8. The van der Waals surface area contributed by atoms with E-state index in [9.17, 15) is 0 Å². The molecule has 8 N–H and O–H groups in total. The Hall–Kier alpha value is -1.40. The number of hydrogen-bond donors (Lipinski definition) is 6. The third kappa shape index (κ3) is 5.79. The van der Waals surface area contributed by atoms with E-state index in [0.29, 0.717) is 23.9 Å². The quantitative estimate of drug-likeness (QED) is 0.242. The van der Waals surface area contributed by atoms with Gasteiger partial charge in [0.15, 0.2) is 5.70 Å². The first-order valence-electron chi connectivity index (χ1n) is 4.74. The van der Waals surface area contributed by atoms with Crippen molar-refractivity contribution >= 4 is 16.2 Å². The molecule has 106 valence electrons. The van der Waals surface area contributed by atoms with E-state index in [2.05, 4.69) is 10.4 Å². The van der Waals surface area contributed by atoms with Crippen LogP contribution in [0.4, 0.5) is 0 Å². The molecule has 0 spiro atoms. The number of rotatable bonds is 3. The summed E-state index contributed by atoms with van der Waals surface area (Å²) in [7, 11) is -1.01. The first-order valence-corrected chi connectivity index (χ1v) is 6.13. The van der Waals surface area contributed by atoms with Crippen molar-refractivity contribution in [1.29, 1.82) is 0 Å². The zero-order valence-electron chi connectivity index (χ0n) is 10.0. The van der Waals surface area contributed by atoms with Crippen molar-refractivity contribution in [3.63, 3.8) is 0 Å². The van der Waals surface area contributed by atoms with E-state index >= 15 is 0 Å². The molecule has 0 unspecified atom stereocenters. The molecule has 0 saturated carbocycles. The summed E-state index contributed by atoms with van der Waals surface area (Å²) in [5, 5.41) is 15.7. The molecule has 10 nitrogen and oxygen atoms in total. The molecule has 1 heterocycles. The average Bonchev–Trinajstić information content (AvgIpc) is 2.32. The van der Waals surface area contributed by atoms with E-state index in [0.717, 1.165) is 0 Å². The molecule has 1 aliphatic heterocycles. The van der Waals surface area contributed by atoms with Gasteiger partial charge in [-0.3, -0.25) is 9.11 Å². The number of hydrogen-bond acceptors (Lipinski definition) is 7. The van der Waals surface area contributed by atoms with Crippen molar-refractivity contribution in [2.45, 2.75) is 0 Å². The molecule has 0 amide bonds. The number of nitrogens with one attached hydrogen (secondary N) is 1. The minimum Gasteiger partial charge on any atom is -0.395 e. The Balaban J connectivity index is 0.000000494. The summed E-state index contributed by atoms with van der Waals surface area (Å²) >= 11 is 0. The number of aliphatic hydroxyl groups is 1. The number of nitrogens with zero attached hydrogens (tertiary/aromatic N) is 2. The van der Waals surface area contributed by atoms with Crippen LogP contribution in [0.3, 0.4) is 0 Å². The molecule has 0 aromatic rings. The lowest BCUT2D eigenvalue weighted by Gasteiger charge is -2.16. The van der Waals surface area contributed by atoms with Crippen LogP contribution in [-0.4, -0.2) is 60.3 Å². The van der Waals surface area contributed by atoms with Crippen LogP contribution in [0.2, 0.25) is 0 Å². The summed E-state index contributed by atoms with van der Waals surface area (Å²) in [5.41, 5.74) is 12.1. The van der Waals surface area contributed by atoms with Gasteiger partial charge >= 0.3 is 10.4 Å². The summed E-state index contributed by atoms with van der Waals surface area (Å²) < 4.78 is 31.8. The van der Waals surface area contributed by atoms with E-state index in [-0.39, 0.29) is 11.2 Å². The largest absolute Gasteiger partial charge is 0.395 e. The molecular weight excluding hydrogens is 266 g/mol. The van der Waals surface area contributed by atoms with Crippen LogP contribution in [0.5, 0.6) is 0 Å². The zero-order chi connectivity index (χ0) is 14.6. The second-order valence-electron chi connectivity index (χ2n) is 3.74. The standard InChI is InChI=1S/C7H16N5O.H2O4S/c1-12(2)7(9)5(6(8)11-12)10-3-4-13;1-5(2,3)4/h10,13H,3-4,9H2,1-2H3,(H2,8,11);(H2,1,2,3,4)/q+1;. The minimum absolute atomic E-state index is 0.0392. The molecule has 0 saturated heterocycles. The predicted molar refractivity (Wildman–Crippen MR) is 64.2 cm³/mol. The lowest BCUT2D eigenvalue weighted by atomic mass is 10.4. The number of quaternary nitrogens is 1. The summed E-state index contributed by atoms with van der Waals surface area (Å²) in [6.45, 7) is 0.462. The van der Waals surface area contributed by atoms with Crippen LogP contribution in [0.25, 0.3) is 0 Å². The van der Waals surface area contributed by atoms with Gasteiger partial charge in [-0.2, -0.15) is 13.0 Å². The van der Waals surface area contributed by atoms with Gasteiger partial charge in [-0.25, -0.2) is 0 Å². The predicted octanol–water partition coefficient (Wildman–Crippen LogP) is -2.59. The van der Waals surface area contributed by atoms with Crippen molar-refractivity contribution in [2.24, 2.45) is 16.6 Å². The molecule has 0 fully saturated rings. The first kappa shape index (κ1) is 16.6. The Kier molecular flexibility index (Phi) is 5.51. The number of amidine groups is 1. The molecule has 0 bridgehead atoms. The number of aliphatic hydroxyl groups excluding tert-OH is 1. The summed E-state index contributed by atoms with van der Waals surface area (Å²) in [4.78, 5) is 0. The summed E-state index contributed by atoms with van der Waals surface area (Å²) in [6, 6.07) is 0. The highest BCUT2D eigenvalue weighted by atomic mass is 32.3. The van der Waals surface area contributed by atoms with Crippen LogP contribution in [0.15, 0.2) is 16.6 Å². The van der Waals surface area contributed by atoms with Gasteiger partial charge in [0.1, 0.15) is 0 Å². The summed E-state index contributed by atoms with van der Waals surface area (Å²) in [5.74, 6) is 0.946. The van der Waals surface area contributed by atoms with E-state index < -0.39 is 10.4 Å². The van der Waals surface area contributed by atoms with Gasteiger partial charge < -0.3 is 21.9 Å². The minimum atomic E-state index is -4.67. The second-order valence-corrected chi connectivity index (χ2v) is 4.63. The highest BCUT2D eigenvalue weighted by Gasteiger charge is 2.33. The van der Waals surface area contributed by atoms with Gasteiger partial charge in [0.2, 0.25) is 5.84 Å². The van der Waals surface area contributed by atoms with Crippen LogP contribution >= 0.6 is 0 Å². The maximum atomic E-state index is 8.74. The Morgan fingerprint density at radius 2 is 1.78 bits per heavy atom. The van der Waals surface area contributed by atoms with E-state index in [1.165, 1.54) is 0 Å². The molecule has 0 atom stereocenters. The SMILES string of the molecule is C[N+]1(C)N=C(N)C(NCCO)=C1N.O=S(=O)(O)O. The monoisotopic (exact) mass is 284 g/mol. The number of nitrogens with two attached hydrogens (primary N) is 2. The first-order chi connectivity index (χ1) is 7.99. The lowest BCUT2D eigenvalue weighted by Crippen LogP contribution is -2.36. The van der Waals surface area contributed by atoms with Crippen molar-refractivity contribution in [2.75, 3.05) is 27.2 Å². The molecule has 1 aliphatic rings. The fourth-order valence-electron chi connectivity index (χ4n) is 1.14. The fourth-order valence-corrected chi connectivity index (χ4v) is 1.14. The molecular formula is C7H18N5O5S+.